The van der Waals surface area contributed by atoms with Crippen molar-refractivity contribution in [3.8, 4) is 5.69 Å². The molecule has 0 spiro atoms. The number of hydrogen-bond acceptors (Lipinski definition) is 7. The summed E-state index contributed by atoms with van der Waals surface area (Å²) in [7, 11) is 0. The lowest BCUT2D eigenvalue weighted by atomic mass is 9.91. The third-order valence-electron chi connectivity index (χ3n) is 7.12. The van der Waals surface area contributed by atoms with Crippen molar-refractivity contribution in [2.75, 3.05) is 38.1 Å². The number of carboxylic acid groups (broad SMARTS) is 1. The van der Waals surface area contributed by atoms with Crippen molar-refractivity contribution in [1.29, 1.82) is 0 Å². The number of amides is 4. The topological polar surface area (TPSA) is 154 Å². The zero-order chi connectivity index (χ0) is 29.2. The first-order chi connectivity index (χ1) is 18.8. The molecule has 2 fully saturated rings. The predicted octanol–water partition coefficient (Wildman–Crippen LogP) is 1.79. The Hall–Kier alpha value is -4.26. The molecule has 0 bridgehead atoms. The largest absolute Gasteiger partial charge is 0.465 e. The maximum absolute atomic E-state index is 13.5. The van der Waals surface area contributed by atoms with Gasteiger partial charge in [-0.05, 0) is 30.7 Å². The molecule has 2 N–H and O–H groups in total. The summed E-state index contributed by atoms with van der Waals surface area (Å²) in [6, 6.07) is 7.95. The number of piperazine rings is 1. The van der Waals surface area contributed by atoms with E-state index in [1.54, 1.807) is 36.1 Å². The van der Waals surface area contributed by atoms with Crippen molar-refractivity contribution in [2.24, 2.45) is 5.41 Å². The highest BCUT2D eigenvalue weighted by Gasteiger charge is 2.56. The Labute approximate surface area is 231 Å². The molecule has 2 aromatic rings. The molecule has 1 aromatic carbocycles. The quantitative estimate of drug-likeness (QED) is 0.530. The highest BCUT2D eigenvalue weighted by Crippen LogP contribution is 2.38. The van der Waals surface area contributed by atoms with Crippen LogP contribution in [0.3, 0.4) is 0 Å². The van der Waals surface area contributed by atoms with E-state index >= 15 is 0 Å². The van der Waals surface area contributed by atoms with Gasteiger partial charge in [0, 0.05) is 44.2 Å². The highest BCUT2D eigenvalue weighted by molar-refractivity contribution is 5.91. The fourth-order valence-corrected chi connectivity index (χ4v) is 4.96. The SMILES string of the molecule is CC(C)(C)[C@H]1OC[C@@](C)(C(=O)N2CCN(C(=O)Nc3ccn(-c4ccc(CC=O)cc4)c(=O)n3)CC2)N1C(=O)O. The van der Waals surface area contributed by atoms with Crippen molar-refractivity contribution in [3.63, 3.8) is 0 Å². The van der Waals surface area contributed by atoms with Crippen LogP contribution >= 0.6 is 0 Å². The molecule has 13 heteroatoms. The molecule has 40 heavy (non-hydrogen) atoms. The maximum atomic E-state index is 13.5. The summed E-state index contributed by atoms with van der Waals surface area (Å²) in [5, 5.41) is 12.5. The lowest BCUT2D eigenvalue weighted by Crippen LogP contribution is -2.63. The fourth-order valence-electron chi connectivity index (χ4n) is 4.96. The van der Waals surface area contributed by atoms with E-state index in [0.717, 1.165) is 16.7 Å². The van der Waals surface area contributed by atoms with Gasteiger partial charge in [0.15, 0.2) is 0 Å². The van der Waals surface area contributed by atoms with E-state index in [4.69, 9.17) is 4.74 Å². The minimum atomic E-state index is -1.38. The van der Waals surface area contributed by atoms with Crippen LogP contribution in [0.5, 0.6) is 0 Å². The van der Waals surface area contributed by atoms with Crippen LogP contribution in [-0.2, 0) is 20.7 Å². The summed E-state index contributed by atoms with van der Waals surface area (Å²) in [4.78, 5) is 69.8. The van der Waals surface area contributed by atoms with Gasteiger partial charge >= 0.3 is 17.8 Å². The molecule has 13 nitrogen and oxygen atoms in total. The minimum absolute atomic E-state index is 0.0547. The van der Waals surface area contributed by atoms with E-state index < -0.39 is 35.0 Å². The Morgan fingerprint density at radius 3 is 2.27 bits per heavy atom. The Bertz CT molecular complexity index is 1340. The number of carbonyl (C=O) groups is 4. The number of benzene rings is 1. The first-order valence-corrected chi connectivity index (χ1v) is 13.0. The molecule has 3 heterocycles. The molecule has 1 aromatic heterocycles. The van der Waals surface area contributed by atoms with Crippen LogP contribution in [0, 0.1) is 5.41 Å². The van der Waals surface area contributed by atoms with Gasteiger partial charge in [-0.3, -0.25) is 19.6 Å². The molecule has 0 unspecified atom stereocenters. The lowest BCUT2D eigenvalue weighted by Gasteiger charge is -2.42. The van der Waals surface area contributed by atoms with E-state index in [9.17, 15) is 29.1 Å². The standard InChI is InChI=1S/C27H34N6O7/c1-26(2,3)22-33(25(38)39)27(4,17-40-22)21(35)30-12-14-31(15-13-30)23(36)28-20-9-11-32(24(37)29-20)19-7-5-18(6-8-19)10-16-34/h5-9,11,16,22H,10,12-15,17H2,1-4H3,(H,38,39)(H,28,29,36,37)/t22-,27+/m1/s1. The average Bonchev–Trinajstić information content (AvgIpc) is 3.28. The van der Waals surface area contributed by atoms with Gasteiger partial charge in [0.1, 0.15) is 23.9 Å². The van der Waals surface area contributed by atoms with E-state index in [1.165, 1.54) is 21.7 Å². The number of anilines is 1. The molecular formula is C27H34N6O7. The second kappa shape index (κ2) is 11.1. The number of nitrogens with one attached hydrogen (secondary N) is 1. The van der Waals surface area contributed by atoms with Gasteiger partial charge in [-0.2, -0.15) is 4.98 Å². The first kappa shape index (κ1) is 28.7. The molecule has 4 amide bonds. The number of aldehydes is 1. The van der Waals surface area contributed by atoms with Crippen molar-refractivity contribution in [1.82, 2.24) is 24.3 Å². The van der Waals surface area contributed by atoms with Crippen molar-refractivity contribution in [3.05, 3.63) is 52.6 Å². The number of carbonyl (C=O) groups excluding carboxylic acids is 3. The van der Waals surface area contributed by atoms with Crippen molar-refractivity contribution < 1.29 is 29.0 Å². The Morgan fingerprint density at radius 2 is 1.73 bits per heavy atom. The van der Waals surface area contributed by atoms with Gasteiger partial charge in [-0.15, -0.1) is 0 Å². The summed E-state index contributed by atoms with van der Waals surface area (Å²) in [6.07, 6.45) is 0.594. The molecule has 2 atom stereocenters. The van der Waals surface area contributed by atoms with Crippen LogP contribution in [0.25, 0.3) is 5.69 Å². The summed E-state index contributed by atoms with van der Waals surface area (Å²) in [5.74, 6) is -0.283. The predicted molar refractivity (Wildman–Crippen MR) is 144 cm³/mol. The first-order valence-electron chi connectivity index (χ1n) is 13.0. The van der Waals surface area contributed by atoms with Gasteiger partial charge in [-0.25, -0.2) is 14.4 Å². The van der Waals surface area contributed by atoms with Gasteiger partial charge in [0.05, 0.1) is 12.3 Å². The summed E-state index contributed by atoms with van der Waals surface area (Å²) in [6.45, 7) is 7.94. The maximum Gasteiger partial charge on any atom is 0.410 e. The lowest BCUT2D eigenvalue weighted by molar-refractivity contribution is -0.143. The van der Waals surface area contributed by atoms with Crippen LogP contribution < -0.4 is 11.0 Å². The van der Waals surface area contributed by atoms with E-state index in [0.29, 0.717) is 5.69 Å². The van der Waals surface area contributed by atoms with E-state index in [1.807, 2.05) is 20.8 Å². The van der Waals surface area contributed by atoms with E-state index in [-0.39, 0.29) is 50.9 Å². The molecule has 0 aliphatic carbocycles. The number of urea groups is 1. The van der Waals surface area contributed by atoms with Crippen LogP contribution in [0.15, 0.2) is 41.3 Å². The fraction of sp³-hybridized carbons (Fsp3) is 0.481. The van der Waals surface area contributed by atoms with Gasteiger partial charge < -0.3 is 24.4 Å². The zero-order valence-corrected chi connectivity index (χ0v) is 23.0. The number of hydrogen-bond donors (Lipinski definition) is 2. The third-order valence-corrected chi connectivity index (χ3v) is 7.12. The monoisotopic (exact) mass is 554 g/mol. The molecule has 4 rings (SSSR count). The second-order valence-electron chi connectivity index (χ2n) is 11.2. The molecule has 0 radical (unpaired) electrons. The number of nitrogens with zero attached hydrogens (tertiary/aromatic N) is 5. The number of aromatic nitrogens is 2. The van der Waals surface area contributed by atoms with Gasteiger partial charge in [-0.1, -0.05) is 32.9 Å². The summed E-state index contributed by atoms with van der Waals surface area (Å²) < 4.78 is 7.10. The van der Waals surface area contributed by atoms with Crippen LogP contribution in [0.2, 0.25) is 0 Å². The average molecular weight is 555 g/mol. The summed E-state index contributed by atoms with van der Waals surface area (Å²) >= 11 is 0. The normalized spacial score (nSPS) is 21.3. The molecule has 2 aliphatic heterocycles. The number of rotatable bonds is 5. The minimum Gasteiger partial charge on any atom is -0.465 e. The molecule has 2 aliphatic rings. The molecule has 214 valence electrons. The van der Waals surface area contributed by atoms with Crippen LogP contribution in [0.4, 0.5) is 15.4 Å². The Kier molecular flexibility index (Phi) is 7.96. The molecule has 2 saturated heterocycles. The van der Waals surface area contributed by atoms with Crippen LogP contribution in [0.1, 0.15) is 33.3 Å². The third kappa shape index (κ3) is 5.69. The van der Waals surface area contributed by atoms with Crippen molar-refractivity contribution >= 4 is 30.1 Å². The van der Waals surface area contributed by atoms with Crippen LogP contribution in [-0.4, -0.2) is 98.2 Å². The Balaban J connectivity index is 1.36. The van der Waals surface area contributed by atoms with Gasteiger partial charge in [0.25, 0.3) is 5.91 Å². The summed E-state index contributed by atoms with van der Waals surface area (Å²) in [5.41, 5.74) is -1.09. The van der Waals surface area contributed by atoms with E-state index in [2.05, 4.69) is 10.3 Å². The molecule has 0 saturated carbocycles. The highest BCUT2D eigenvalue weighted by atomic mass is 16.5. The smallest absolute Gasteiger partial charge is 0.410 e. The number of ether oxygens (including phenoxy) is 1. The second-order valence-corrected chi connectivity index (χ2v) is 11.2. The Morgan fingerprint density at radius 1 is 1.10 bits per heavy atom. The van der Waals surface area contributed by atoms with Gasteiger partial charge in [0.2, 0.25) is 0 Å². The molecular weight excluding hydrogens is 520 g/mol. The van der Waals surface area contributed by atoms with Crippen molar-refractivity contribution in [2.45, 2.75) is 45.9 Å². The zero-order valence-electron chi connectivity index (χ0n) is 23.0.